The zero-order valence-corrected chi connectivity index (χ0v) is 17.1. The lowest BCUT2D eigenvalue weighted by atomic mass is 9.97. The van der Waals surface area contributed by atoms with E-state index in [9.17, 15) is 14.0 Å². The van der Waals surface area contributed by atoms with Crippen molar-refractivity contribution >= 4 is 28.8 Å². The second-order valence-corrected chi connectivity index (χ2v) is 8.01. The molecule has 2 amide bonds. The van der Waals surface area contributed by atoms with E-state index in [-0.39, 0.29) is 6.04 Å². The van der Waals surface area contributed by atoms with E-state index in [4.69, 9.17) is 0 Å². The summed E-state index contributed by atoms with van der Waals surface area (Å²) in [7, 11) is 0. The second kappa shape index (κ2) is 9.19. The molecule has 1 aromatic heterocycles. The van der Waals surface area contributed by atoms with Crippen LogP contribution in [0.4, 0.5) is 10.1 Å². The summed E-state index contributed by atoms with van der Waals surface area (Å²) in [5.41, 5.74) is 4.15. The SMILES string of the molecule is O=C(NC[C@@H](c1ccsc1)N1CCc2ccccc2C1)C(=O)Nc1ccc(F)cc1. The van der Waals surface area contributed by atoms with Crippen LogP contribution >= 0.6 is 11.3 Å². The minimum atomic E-state index is -0.769. The molecule has 1 aliphatic rings. The highest BCUT2D eigenvalue weighted by Gasteiger charge is 2.26. The summed E-state index contributed by atoms with van der Waals surface area (Å²) in [5.74, 6) is -1.88. The zero-order valence-electron chi connectivity index (χ0n) is 16.3. The van der Waals surface area contributed by atoms with Crippen LogP contribution in [-0.2, 0) is 22.6 Å². The van der Waals surface area contributed by atoms with Gasteiger partial charge in [0.2, 0.25) is 0 Å². The van der Waals surface area contributed by atoms with Gasteiger partial charge in [-0.3, -0.25) is 14.5 Å². The largest absolute Gasteiger partial charge is 0.346 e. The minimum absolute atomic E-state index is 0.0211. The fourth-order valence-corrected chi connectivity index (χ4v) is 4.40. The fourth-order valence-electron chi connectivity index (χ4n) is 3.70. The minimum Gasteiger partial charge on any atom is -0.346 e. The molecule has 5 nitrogen and oxygen atoms in total. The van der Waals surface area contributed by atoms with Gasteiger partial charge in [-0.15, -0.1) is 0 Å². The van der Waals surface area contributed by atoms with E-state index in [1.807, 2.05) is 11.4 Å². The molecule has 0 spiro atoms. The topological polar surface area (TPSA) is 61.4 Å². The quantitative estimate of drug-likeness (QED) is 0.615. The van der Waals surface area contributed by atoms with E-state index >= 15 is 0 Å². The van der Waals surface area contributed by atoms with Crippen molar-refractivity contribution < 1.29 is 14.0 Å². The molecule has 30 heavy (non-hydrogen) atoms. The monoisotopic (exact) mass is 423 g/mol. The highest BCUT2D eigenvalue weighted by molar-refractivity contribution is 7.08. The second-order valence-electron chi connectivity index (χ2n) is 7.23. The number of anilines is 1. The molecule has 0 bridgehead atoms. The van der Waals surface area contributed by atoms with E-state index in [2.05, 4.69) is 45.2 Å². The maximum absolute atomic E-state index is 13.0. The third kappa shape index (κ3) is 4.75. The van der Waals surface area contributed by atoms with Crippen molar-refractivity contribution in [1.29, 1.82) is 0 Å². The number of carbonyl (C=O) groups is 2. The molecule has 0 unspecified atom stereocenters. The molecule has 154 valence electrons. The van der Waals surface area contributed by atoms with Crippen LogP contribution in [0.15, 0.2) is 65.4 Å². The number of nitrogens with one attached hydrogen (secondary N) is 2. The molecule has 1 aliphatic heterocycles. The number of nitrogens with zero attached hydrogens (tertiary/aromatic N) is 1. The third-order valence-electron chi connectivity index (χ3n) is 5.29. The standard InChI is InChI=1S/C23H22FN3O2S/c24-19-5-7-20(8-6-19)26-23(29)22(28)25-13-21(18-10-12-30-15-18)27-11-9-16-3-1-2-4-17(16)14-27/h1-8,10,12,15,21H,9,11,13-14H2,(H,25,28)(H,26,29)/t21-/m0/s1. The van der Waals surface area contributed by atoms with E-state index < -0.39 is 17.6 Å². The molecule has 2 aromatic carbocycles. The average Bonchev–Trinajstić information content (AvgIpc) is 3.30. The van der Waals surface area contributed by atoms with Crippen molar-refractivity contribution in [2.75, 3.05) is 18.4 Å². The van der Waals surface area contributed by atoms with Gasteiger partial charge in [-0.1, -0.05) is 24.3 Å². The summed E-state index contributed by atoms with van der Waals surface area (Å²) in [5, 5.41) is 9.35. The van der Waals surface area contributed by atoms with Gasteiger partial charge in [-0.25, -0.2) is 4.39 Å². The van der Waals surface area contributed by atoms with Crippen LogP contribution in [0.5, 0.6) is 0 Å². The van der Waals surface area contributed by atoms with Crippen LogP contribution in [0.1, 0.15) is 22.7 Å². The lowest BCUT2D eigenvalue weighted by Crippen LogP contribution is -2.43. The molecule has 0 saturated heterocycles. The molecule has 4 rings (SSSR count). The number of benzene rings is 2. The van der Waals surface area contributed by atoms with Crippen LogP contribution in [0.3, 0.4) is 0 Å². The van der Waals surface area contributed by atoms with Crippen LogP contribution in [0.2, 0.25) is 0 Å². The van der Waals surface area contributed by atoms with Crippen molar-refractivity contribution in [2.24, 2.45) is 0 Å². The molecule has 3 aromatic rings. The summed E-state index contributed by atoms with van der Waals surface area (Å²) in [4.78, 5) is 26.9. The lowest BCUT2D eigenvalue weighted by molar-refractivity contribution is -0.136. The van der Waals surface area contributed by atoms with Crippen molar-refractivity contribution in [2.45, 2.75) is 19.0 Å². The Morgan fingerprint density at radius 2 is 1.80 bits per heavy atom. The first-order chi connectivity index (χ1) is 14.6. The summed E-state index contributed by atoms with van der Waals surface area (Å²) >= 11 is 1.61. The first-order valence-corrected chi connectivity index (χ1v) is 10.7. The predicted octanol–water partition coefficient (Wildman–Crippen LogP) is 3.74. The normalized spacial score (nSPS) is 14.6. The Morgan fingerprint density at radius 3 is 2.53 bits per heavy atom. The summed E-state index contributed by atoms with van der Waals surface area (Å²) in [6, 6.07) is 15.7. The summed E-state index contributed by atoms with van der Waals surface area (Å²) in [6.45, 7) is 2.01. The van der Waals surface area contributed by atoms with Crippen molar-refractivity contribution in [1.82, 2.24) is 10.2 Å². The molecule has 0 fully saturated rings. The number of amides is 2. The van der Waals surface area contributed by atoms with Gasteiger partial charge in [-0.2, -0.15) is 11.3 Å². The van der Waals surface area contributed by atoms with Crippen molar-refractivity contribution in [3.8, 4) is 0 Å². The molecule has 1 atom stereocenters. The van der Waals surface area contributed by atoms with Crippen LogP contribution in [-0.4, -0.2) is 29.8 Å². The van der Waals surface area contributed by atoms with E-state index in [0.29, 0.717) is 12.2 Å². The number of fused-ring (bicyclic) bond motifs is 1. The molecule has 2 N–H and O–H groups in total. The van der Waals surface area contributed by atoms with Crippen molar-refractivity contribution in [3.63, 3.8) is 0 Å². The van der Waals surface area contributed by atoms with Gasteiger partial charge in [-0.05, 0) is 64.2 Å². The molecular weight excluding hydrogens is 401 g/mol. The lowest BCUT2D eigenvalue weighted by Gasteiger charge is -2.35. The first-order valence-electron chi connectivity index (χ1n) is 9.78. The highest BCUT2D eigenvalue weighted by atomic mass is 32.1. The Hall–Kier alpha value is -3.03. The Labute approximate surface area is 178 Å². The Morgan fingerprint density at radius 1 is 1.03 bits per heavy atom. The van der Waals surface area contributed by atoms with Gasteiger partial charge < -0.3 is 10.6 Å². The highest BCUT2D eigenvalue weighted by Crippen LogP contribution is 2.28. The number of hydrogen-bond acceptors (Lipinski definition) is 4. The summed E-state index contributed by atoms with van der Waals surface area (Å²) in [6.07, 6.45) is 0.954. The van der Waals surface area contributed by atoms with E-state index in [1.54, 1.807) is 11.3 Å². The van der Waals surface area contributed by atoms with Gasteiger partial charge >= 0.3 is 11.8 Å². The maximum atomic E-state index is 13.0. The number of hydrogen-bond donors (Lipinski definition) is 2. The van der Waals surface area contributed by atoms with E-state index in [0.717, 1.165) is 25.1 Å². The molecule has 2 heterocycles. The molecule has 7 heteroatoms. The fraction of sp³-hybridized carbons (Fsp3) is 0.217. The molecular formula is C23H22FN3O2S. The Bertz CT molecular complexity index is 1020. The van der Waals surface area contributed by atoms with Crippen molar-refractivity contribution in [3.05, 3.63) is 87.9 Å². The number of halogens is 1. The van der Waals surface area contributed by atoms with Crippen LogP contribution < -0.4 is 10.6 Å². The number of thiophene rings is 1. The van der Waals surface area contributed by atoms with Gasteiger partial charge in [0.25, 0.3) is 0 Å². The van der Waals surface area contributed by atoms with Gasteiger partial charge in [0.15, 0.2) is 0 Å². The maximum Gasteiger partial charge on any atom is 0.313 e. The predicted molar refractivity (Wildman–Crippen MR) is 116 cm³/mol. The van der Waals surface area contributed by atoms with Gasteiger partial charge in [0, 0.05) is 25.3 Å². The van der Waals surface area contributed by atoms with Crippen LogP contribution in [0.25, 0.3) is 0 Å². The summed E-state index contributed by atoms with van der Waals surface area (Å²) < 4.78 is 13.0. The van der Waals surface area contributed by atoms with Gasteiger partial charge in [0.1, 0.15) is 5.82 Å². The number of carbonyl (C=O) groups excluding carboxylic acids is 2. The van der Waals surface area contributed by atoms with Gasteiger partial charge in [0.05, 0.1) is 6.04 Å². The molecule has 0 radical (unpaired) electrons. The van der Waals surface area contributed by atoms with Crippen LogP contribution in [0, 0.1) is 5.82 Å². The zero-order chi connectivity index (χ0) is 20.9. The molecule has 0 aliphatic carbocycles. The average molecular weight is 424 g/mol. The number of rotatable bonds is 5. The first kappa shape index (κ1) is 20.3. The Balaban J connectivity index is 1.41. The van der Waals surface area contributed by atoms with E-state index in [1.165, 1.54) is 35.4 Å². The smallest absolute Gasteiger partial charge is 0.313 e. The molecule has 0 saturated carbocycles. The third-order valence-corrected chi connectivity index (χ3v) is 5.99. The Kier molecular flexibility index (Phi) is 6.21.